The van der Waals surface area contributed by atoms with E-state index in [-0.39, 0.29) is 11.2 Å². The molecule has 1 amide bonds. The van der Waals surface area contributed by atoms with Crippen LogP contribution in [-0.4, -0.2) is 38.2 Å². The lowest BCUT2D eigenvalue weighted by molar-refractivity contribution is -0.115. The number of carbonyl (C=O) groups excluding carboxylic acids is 1. The molecule has 136 valence electrons. The van der Waals surface area contributed by atoms with E-state index in [1.807, 2.05) is 35.8 Å². The van der Waals surface area contributed by atoms with Gasteiger partial charge in [0, 0.05) is 12.1 Å². The summed E-state index contributed by atoms with van der Waals surface area (Å²) in [6.45, 7) is 3.71. The topological polar surface area (TPSA) is 95.1 Å². The summed E-state index contributed by atoms with van der Waals surface area (Å²) >= 11 is 1.34. The first-order valence-electron chi connectivity index (χ1n) is 8.06. The summed E-state index contributed by atoms with van der Waals surface area (Å²) in [6, 6.07) is 9.23. The van der Waals surface area contributed by atoms with Crippen molar-refractivity contribution < 1.29 is 14.1 Å². The van der Waals surface area contributed by atoms with Crippen molar-refractivity contribution >= 4 is 23.5 Å². The van der Waals surface area contributed by atoms with Gasteiger partial charge in [0.15, 0.2) is 11.0 Å². The molecule has 1 N–H and O–H groups in total. The Balaban J connectivity index is 1.76. The molecule has 0 unspecified atom stereocenters. The first-order chi connectivity index (χ1) is 12.6. The largest absolute Gasteiger partial charge is 0.497 e. The SMILES string of the molecule is CC[C@@H](Sc1nncn1-c1cccc(OC)c1)C(=O)Nc1cc(C)on1. The number of thioether (sulfide) groups is 1. The number of methoxy groups -OCH3 is 1. The predicted octanol–water partition coefficient (Wildman–Crippen LogP) is 3.08. The number of aryl methyl sites for hydroxylation is 1. The minimum absolute atomic E-state index is 0.161. The summed E-state index contributed by atoms with van der Waals surface area (Å²) in [6.07, 6.45) is 2.24. The van der Waals surface area contributed by atoms with Gasteiger partial charge in [0.25, 0.3) is 0 Å². The molecule has 0 radical (unpaired) electrons. The Bertz CT molecular complexity index is 892. The number of benzene rings is 1. The van der Waals surface area contributed by atoms with Crippen molar-refractivity contribution in [1.29, 1.82) is 0 Å². The van der Waals surface area contributed by atoms with Gasteiger partial charge in [0.05, 0.1) is 18.0 Å². The average Bonchev–Trinajstić information content (AvgIpc) is 3.28. The molecular weight excluding hydrogens is 354 g/mol. The number of carbonyl (C=O) groups is 1. The van der Waals surface area contributed by atoms with E-state index in [2.05, 4.69) is 20.7 Å². The average molecular weight is 373 g/mol. The molecule has 9 heteroatoms. The highest BCUT2D eigenvalue weighted by molar-refractivity contribution is 8.00. The number of amides is 1. The van der Waals surface area contributed by atoms with Crippen LogP contribution in [0.25, 0.3) is 5.69 Å². The maximum absolute atomic E-state index is 12.5. The van der Waals surface area contributed by atoms with Crippen molar-refractivity contribution in [2.75, 3.05) is 12.4 Å². The second-order valence-corrected chi connectivity index (χ2v) is 6.68. The number of hydrogen-bond donors (Lipinski definition) is 1. The second kappa shape index (κ2) is 8.05. The Kier molecular flexibility index (Phi) is 5.57. The van der Waals surface area contributed by atoms with E-state index in [9.17, 15) is 4.79 Å². The van der Waals surface area contributed by atoms with E-state index >= 15 is 0 Å². The van der Waals surface area contributed by atoms with Crippen molar-refractivity contribution in [2.45, 2.75) is 30.7 Å². The minimum Gasteiger partial charge on any atom is -0.497 e. The van der Waals surface area contributed by atoms with Gasteiger partial charge in [-0.05, 0) is 25.5 Å². The zero-order valence-corrected chi connectivity index (χ0v) is 15.5. The zero-order chi connectivity index (χ0) is 18.5. The van der Waals surface area contributed by atoms with Gasteiger partial charge in [-0.25, -0.2) is 0 Å². The Morgan fingerprint density at radius 1 is 1.42 bits per heavy atom. The van der Waals surface area contributed by atoms with E-state index in [0.29, 0.717) is 23.2 Å². The zero-order valence-electron chi connectivity index (χ0n) is 14.7. The normalized spacial score (nSPS) is 12.0. The third kappa shape index (κ3) is 4.05. The number of nitrogens with one attached hydrogen (secondary N) is 1. The van der Waals surface area contributed by atoms with Crippen LogP contribution >= 0.6 is 11.8 Å². The summed E-state index contributed by atoms with van der Waals surface area (Å²) in [7, 11) is 1.62. The van der Waals surface area contributed by atoms with Crippen molar-refractivity contribution in [1.82, 2.24) is 19.9 Å². The van der Waals surface area contributed by atoms with Gasteiger partial charge in [-0.1, -0.05) is 29.9 Å². The van der Waals surface area contributed by atoms with Crippen molar-refractivity contribution in [3.05, 3.63) is 42.4 Å². The molecule has 2 heterocycles. The first kappa shape index (κ1) is 18.0. The third-order valence-corrected chi connectivity index (χ3v) is 4.96. The summed E-state index contributed by atoms with van der Waals surface area (Å²) in [4.78, 5) is 12.5. The predicted molar refractivity (Wildman–Crippen MR) is 97.7 cm³/mol. The van der Waals surface area contributed by atoms with Crippen LogP contribution in [0.2, 0.25) is 0 Å². The number of anilines is 1. The molecule has 0 saturated heterocycles. The summed E-state index contributed by atoms with van der Waals surface area (Å²) < 4.78 is 12.1. The number of nitrogens with zero attached hydrogens (tertiary/aromatic N) is 4. The van der Waals surface area contributed by atoms with Gasteiger partial charge < -0.3 is 14.6 Å². The molecule has 0 fully saturated rings. The first-order valence-corrected chi connectivity index (χ1v) is 8.94. The molecule has 1 aromatic carbocycles. The van der Waals surface area contributed by atoms with E-state index < -0.39 is 0 Å². The Morgan fingerprint density at radius 2 is 2.27 bits per heavy atom. The Morgan fingerprint density at radius 3 is 2.96 bits per heavy atom. The fraction of sp³-hybridized carbons (Fsp3) is 0.294. The maximum Gasteiger partial charge on any atom is 0.239 e. The lowest BCUT2D eigenvalue weighted by atomic mass is 10.3. The smallest absolute Gasteiger partial charge is 0.239 e. The van der Waals surface area contributed by atoms with Crippen molar-refractivity contribution in [3.63, 3.8) is 0 Å². The minimum atomic E-state index is -0.347. The fourth-order valence-corrected chi connectivity index (χ4v) is 3.27. The van der Waals surface area contributed by atoms with Crippen LogP contribution in [0.4, 0.5) is 5.82 Å². The van der Waals surface area contributed by atoms with Gasteiger partial charge in [-0.15, -0.1) is 10.2 Å². The summed E-state index contributed by atoms with van der Waals surface area (Å²) in [5.74, 6) is 1.61. The quantitative estimate of drug-likeness (QED) is 0.636. The molecule has 26 heavy (non-hydrogen) atoms. The molecule has 0 aliphatic heterocycles. The number of hydrogen-bond acceptors (Lipinski definition) is 7. The number of aromatic nitrogens is 4. The van der Waals surface area contributed by atoms with E-state index in [4.69, 9.17) is 9.26 Å². The van der Waals surface area contributed by atoms with E-state index in [1.54, 1.807) is 26.4 Å². The molecule has 0 bridgehead atoms. The molecule has 0 spiro atoms. The van der Waals surface area contributed by atoms with Gasteiger partial charge in [-0.3, -0.25) is 9.36 Å². The lowest BCUT2D eigenvalue weighted by Gasteiger charge is -2.14. The molecule has 0 aliphatic carbocycles. The maximum atomic E-state index is 12.5. The second-order valence-electron chi connectivity index (χ2n) is 5.51. The van der Waals surface area contributed by atoms with Crippen LogP contribution < -0.4 is 10.1 Å². The van der Waals surface area contributed by atoms with Crippen LogP contribution in [-0.2, 0) is 4.79 Å². The van der Waals surface area contributed by atoms with Crippen LogP contribution in [0.15, 0.2) is 46.3 Å². The van der Waals surface area contributed by atoms with Gasteiger partial charge >= 0.3 is 0 Å². The summed E-state index contributed by atoms with van der Waals surface area (Å²) in [5, 5.41) is 15.0. The van der Waals surface area contributed by atoms with Crippen LogP contribution in [0, 0.1) is 6.92 Å². The highest BCUT2D eigenvalue weighted by Gasteiger charge is 2.22. The van der Waals surface area contributed by atoms with E-state index in [1.165, 1.54) is 11.8 Å². The van der Waals surface area contributed by atoms with Gasteiger partial charge in [-0.2, -0.15) is 0 Å². The van der Waals surface area contributed by atoms with Crippen LogP contribution in [0.1, 0.15) is 19.1 Å². The van der Waals surface area contributed by atoms with Crippen molar-refractivity contribution in [3.8, 4) is 11.4 Å². The summed E-state index contributed by atoms with van der Waals surface area (Å²) in [5.41, 5.74) is 0.860. The molecule has 2 aromatic heterocycles. The lowest BCUT2D eigenvalue weighted by Crippen LogP contribution is -2.25. The molecule has 0 aliphatic rings. The van der Waals surface area contributed by atoms with E-state index in [0.717, 1.165) is 11.4 Å². The number of rotatable bonds is 7. The third-order valence-electron chi connectivity index (χ3n) is 3.64. The highest BCUT2D eigenvalue weighted by atomic mass is 32.2. The standard InChI is InChI=1S/C17H19N5O3S/c1-4-14(16(23)19-15-8-11(2)25-21-15)26-17-20-18-10-22(17)12-6-5-7-13(9-12)24-3/h5-10,14H,4H2,1-3H3,(H,19,21,23)/t14-/m1/s1. The molecule has 1 atom stereocenters. The molecular formula is C17H19N5O3S. The Hall–Kier alpha value is -2.81. The molecule has 3 rings (SSSR count). The van der Waals surface area contributed by atoms with Gasteiger partial charge in [0.1, 0.15) is 17.8 Å². The van der Waals surface area contributed by atoms with Gasteiger partial charge in [0.2, 0.25) is 5.91 Å². The molecule has 8 nitrogen and oxygen atoms in total. The van der Waals surface area contributed by atoms with Crippen LogP contribution in [0.5, 0.6) is 5.75 Å². The molecule has 3 aromatic rings. The van der Waals surface area contributed by atoms with Crippen molar-refractivity contribution in [2.24, 2.45) is 0 Å². The molecule has 0 saturated carbocycles. The monoisotopic (exact) mass is 373 g/mol. The Labute approximate surface area is 154 Å². The fourth-order valence-electron chi connectivity index (χ4n) is 2.32. The number of ether oxygens (including phenoxy) is 1. The van der Waals surface area contributed by atoms with Crippen LogP contribution in [0.3, 0.4) is 0 Å². The highest BCUT2D eigenvalue weighted by Crippen LogP contribution is 2.27.